The van der Waals surface area contributed by atoms with Crippen molar-refractivity contribution in [3.05, 3.63) is 29.8 Å². The van der Waals surface area contributed by atoms with Crippen LogP contribution in [0.15, 0.2) is 24.3 Å². The zero-order chi connectivity index (χ0) is 15.4. The number of hydrogen-bond acceptors (Lipinski definition) is 2. The van der Waals surface area contributed by atoms with Crippen molar-refractivity contribution in [2.45, 2.75) is 39.2 Å². The van der Waals surface area contributed by atoms with Gasteiger partial charge in [-0.3, -0.25) is 9.69 Å². The first-order chi connectivity index (χ1) is 10.0. The van der Waals surface area contributed by atoms with Crippen molar-refractivity contribution < 1.29 is 14.7 Å². The molecule has 0 spiro atoms. The van der Waals surface area contributed by atoms with E-state index in [1.807, 2.05) is 38.1 Å². The van der Waals surface area contributed by atoms with Crippen molar-refractivity contribution in [2.24, 2.45) is 0 Å². The molecule has 0 aromatic heterocycles. The first-order valence-electron chi connectivity index (χ1n) is 7.38. The summed E-state index contributed by atoms with van der Waals surface area (Å²) in [6, 6.07) is 7.51. The van der Waals surface area contributed by atoms with Gasteiger partial charge < -0.3 is 10.0 Å². The fourth-order valence-corrected chi connectivity index (χ4v) is 2.66. The quantitative estimate of drug-likeness (QED) is 0.931. The summed E-state index contributed by atoms with van der Waals surface area (Å²) in [6.45, 7) is 4.04. The van der Waals surface area contributed by atoms with Gasteiger partial charge in [-0.2, -0.15) is 0 Å². The van der Waals surface area contributed by atoms with Crippen LogP contribution in [0.2, 0.25) is 0 Å². The third-order valence-corrected chi connectivity index (χ3v) is 3.77. The summed E-state index contributed by atoms with van der Waals surface area (Å²) in [5.41, 5.74) is 2.07. The zero-order valence-corrected chi connectivity index (χ0v) is 12.6. The first-order valence-corrected chi connectivity index (χ1v) is 7.38. The molecule has 1 N–H and O–H groups in total. The Kier molecular flexibility index (Phi) is 4.83. The number of amides is 2. The Hall–Kier alpha value is -2.04. The van der Waals surface area contributed by atoms with Gasteiger partial charge in [0, 0.05) is 18.3 Å². The number of anilines is 1. The highest BCUT2D eigenvalue weighted by atomic mass is 16.4. The maximum Gasteiger partial charge on any atom is 0.325 e. The van der Waals surface area contributed by atoms with Crippen molar-refractivity contribution in [2.75, 3.05) is 18.0 Å². The number of aryl methyl sites for hydroxylation is 1. The molecule has 0 bridgehead atoms. The fourth-order valence-electron chi connectivity index (χ4n) is 2.66. The Morgan fingerprint density at radius 1 is 1.29 bits per heavy atom. The molecule has 1 aromatic carbocycles. The highest BCUT2D eigenvalue weighted by molar-refractivity contribution is 5.94. The molecule has 0 radical (unpaired) electrons. The van der Waals surface area contributed by atoms with Gasteiger partial charge in [-0.05, 0) is 44.7 Å². The molecule has 1 aliphatic rings. The Bertz CT molecular complexity index is 528. The molecule has 0 unspecified atom stereocenters. The van der Waals surface area contributed by atoms with Crippen LogP contribution in [0, 0.1) is 0 Å². The van der Waals surface area contributed by atoms with Crippen molar-refractivity contribution in [1.82, 2.24) is 4.90 Å². The average Bonchev–Trinajstić information content (AvgIpc) is 2.66. The summed E-state index contributed by atoms with van der Waals surface area (Å²) in [4.78, 5) is 26.9. The summed E-state index contributed by atoms with van der Waals surface area (Å²) in [5, 5.41) is 9.02. The van der Waals surface area contributed by atoms with Gasteiger partial charge in [-0.25, -0.2) is 4.79 Å². The van der Waals surface area contributed by atoms with Crippen molar-refractivity contribution in [1.29, 1.82) is 0 Å². The minimum Gasteiger partial charge on any atom is -0.480 e. The molecular formula is C16H22N2O3. The van der Waals surface area contributed by atoms with E-state index in [4.69, 9.17) is 5.11 Å². The number of para-hydroxylation sites is 1. The molecule has 0 saturated heterocycles. The third kappa shape index (κ3) is 3.54. The van der Waals surface area contributed by atoms with Gasteiger partial charge >= 0.3 is 12.0 Å². The Balaban J connectivity index is 2.30. The molecule has 0 fully saturated rings. The molecule has 114 valence electrons. The van der Waals surface area contributed by atoms with E-state index in [9.17, 15) is 9.59 Å². The van der Waals surface area contributed by atoms with Gasteiger partial charge in [-0.15, -0.1) is 0 Å². The first kappa shape index (κ1) is 15.4. The minimum absolute atomic E-state index is 0.149. The molecule has 21 heavy (non-hydrogen) atoms. The van der Waals surface area contributed by atoms with Crippen LogP contribution in [0.25, 0.3) is 0 Å². The van der Waals surface area contributed by atoms with E-state index in [2.05, 4.69) is 0 Å². The summed E-state index contributed by atoms with van der Waals surface area (Å²) in [5.74, 6) is -0.986. The zero-order valence-electron chi connectivity index (χ0n) is 12.6. The summed E-state index contributed by atoms with van der Waals surface area (Å²) >= 11 is 0. The number of fused-ring (bicyclic) bond motifs is 1. The molecule has 0 atom stereocenters. The molecule has 5 heteroatoms. The third-order valence-electron chi connectivity index (χ3n) is 3.77. The number of rotatable bonds is 3. The highest BCUT2D eigenvalue weighted by Gasteiger charge is 2.28. The number of benzene rings is 1. The summed E-state index contributed by atoms with van der Waals surface area (Å²) in [7, 11) is 0. The van der Waals surface area contributed by atoms with E-state index in [-0.39, 0.29) is 18.6 Å². The van der Waals surface area contributed by atoms with Crippen LogP contribution in [0.5, 0.6) is 0 Å². The van der Waals surface area contributed by atoms with Crippen LogP contribution in [-0.4, -0.2) is 41.1 Å². The van der Waals surface area contributed by atoms with Gasteiger partial charge in [0.15, 0.2) is 0 Å². The number of carboxylic acids is 1. The van der Waals surface area contributed by atoms with E-state index in [0.717, 1.165) is 30.5 Å². The van der Waals surface area contributed by atoms with E-state index < -0.39 is 5.97 Å². The van der Waals surface area contributed by atoms with Gasteiger partial charge in [0.25, 0.3) is 0 Å². The number of carboxylic acid groups (broad SMARTS) is 1. The van der Waals surface area contributed by atoms with Crippen LogP contribution in [-0.2, 0) is 11.2 Å². The Labute approximate surface area is 125 Å². The van der Waals surface area contributed by atoms with E-state index >= 15 is 0 Å². The average molecular weight is 290 g/mol. The van der Waals surface area contributed by atoms with Gasteiger partial charge in [0.1, 0.15) is 6.54 Å². The lowest BCUT2D eigenvalue weighted by Crippen LogP contribution is -2.49. The molecule has 5 nitrogen and oxygen atoms in total. The van der Waals surface area contributed by atoms with Gasteiger partial charge in [0.2, 0.25) is 0 Å². The second-order valence-electron chi connectivity index (χ2n) is 5.64. The lowest BCUT2D eigenvalue weighted by Gasteiger charge is -2.32. The number of nitrogens with zero attached hydrogens (tertiary/aromatic N) is 2. The number of hydrogen-bond donors (Lipinski definition) is 1. The van der Waals surface area contributed by atoms with E-state index in [1.165, 1.54) is 4.90 Å². The van der Waals surface area contributed by atoms with Crippen LogP contribution in [0.4, 0.5) is 10.5 Å². The molecule has 1 heterocycles. The van der Waals surface area contributed by atoms with Crippen LogP contribution in [0.3, 0.4) is 0 Å². The topological polar surface area (TPSA) is 60.9 Å². The molecular weight excluding hydrogens is 268 g/mol. The second-order valence-corrected chi connectivity index (χ2v) is 5.64. The number of aliphatic carboxylic acids is 1. The van der Waals surface area contributed by atoms with Crippen molar-refractivity contribution in [3.8, 4) is 0 Å². The molecule has 2 amide bonds. The van der Waals surface area contributed by atoms with Crippen molar-refractivity contribution in [3.63, 3.8) is 0 Å². The van der Waals surface area contributed by atoms with Crippen LogP contribution < -0.4 is 4.90 Å². The van der Waals surface area contributed by atoms with E-state index in [1.54, 1.807) is 4.90 Å². The lowest BCUT2D eigenvalue weighted by atomic mass is 10.1. The van der Waals surface area contributed by atoms with Crippen LogP contribution in [0.1, 0.15) is 32.3 Å². The van der Waals surface area contributed by atoms with Crippen molar-refractivity contribution >= 4 is 17.7 Å². The van der Waals surface area contributed by atoms with Gasteiger partial charge in [-0.1, -0.05) is 18.2 Å². The maximum absolute atomic E-state index is 12.8. The minimum atomic E-state index is -0.986. The highest BCUT2D eigenvalue weighted by Crippen LogP contribution is 2.27. The largest absolute Gasteiger partial charge is 0.480 e. The second kappa shape index (κ2) is 6.61. The van der Waals surface area contributed by atoms with Gasteiger partial charge in [0.05, 0.1) is 0 Å². The normalized spacial score (nSPS) is 14.5. The molecule has 1 aliphatic heterocycles. The molecule has 0 saturated carbocycles. The maximum atomic E-state index is 12.8. The number of carbonyl (C=O) groups excluding carboxylic acids is 1. The number of urea groups is 1. The Morgan fingerprint density at radius 3 is 2.67 bits per heavy atom. The SMILES string of the molecule is CC(C)N(CC(=O)O)C(=O)N1CCCCc2ccccc21. The van der Waals surface area contributed by atoms with Crippen LogP contribution >= 0.6 is 0 Å². The monoisotopic (exact) mass is 290 g/mol. The number of carbonyl (C=O) groups is 2. The lowest BCUT2D eigenvalue weighted by molar-refractivity contribution is -0.137. The molecule has 0 aliphatic carbocycles. The Morgan fingerprint density at radius 2 is 2.00 bits per heavy atom. The summed E-state index contributed by atoms with van der Waals surface area (Å²) < 4.78 is 0. The fraction of sp³-hybridized carbons (Fsp3) is 0.500. The smallest absolute Gasteiger partial charge is 0.325 e. The predicted molar refractivity (Wildman–Crippen MR) is 81.6 cm³/mol. The van der Waals surface area contributed by atoms with E-state index in [0.29, 0.717) is 6.54 Å². The standard InChI is InChI=1S/C16H22N2O3/c1-12(2)18(11-15(19)20)16(21)17-10-6-5-8-13-7-3-4-9-14(13)17/h3-4,7,9,12H,5-6,8,10-11H2,1-2H3,(H,19,20). The summed E-state index contributed by atoms with van der Waals surface area (Å²) in [6.07, 6.45) is 2.93. The predicted octanol–water partition coefficient (Wildman–Crippen LogP) is 2.74. The molecule has 1 aromatic rings. The molecule has 2 rings (SSSR count).